The number of ether oxygens (including phenoxy) is 1. The second kappa shape index (κ2) is 13.5. The van der Waals surface area contributed by atoms with E-state index in [1.54, 1.807) is 10.8 Å². The van der Waals surface area contributed by atoms with Crippen molar-refractivity contribution in [2.75, 3.05) is 18.9 Å². The number of carbonyl (C=O) groups is 2. The second-order valence-corrected chi connectivity index (χ2v) is 11.5. The van der Waals surface area contributed by atoms with Crippen LogP contribution >= 0.6 is 24.0 Å². The smallest absolute Gasteiger partial charge is 0.300 e. The standard InChI is InChI=1S/C24H23N3O5S3.C2H4O2/c1-2-12-32-20-10-6-7-17(14-20)22-18(16-27(25-22)19-8-4-3-5-9-19)15-21-23(28)26(24(33)34-21)11-13-35(29,30)31;1-2(3)4/h3-10,14-16H,2,11-13H2,1H3,(H,29,30,31);1H3,(H,3,4)/b21-15+;. The molecule has 0 bridgehead atoms. The summed E-state index contributed by atoms with van der Waals surface area (Å²) in [6.07, 6.45) is 4.42. The third kappa shape index (κ3) is 8.75. The van der Waals surface area contributed by atoms with Gasteiger partial charge in [0.15, 0.2) is 0 Å². The molecule has 0 atom stereocenters. The number of hydrogen-bond donors (Lipinski definition) is 2. The van der Waals surface area contributed by atoms with E-state index in [2.05, 4.69) is 0 Å². The van der Waals surface area contributed by atoms with Gasteiger partial charge in [-0.05, 0) is 36.8 Å². The lowest BCUT2D eigenvalue weighted by Crippen LogP contribution is -2.32. The van der Waals surface area contributed by atoms with Crippen LogP contribution in [0.15, 0.2) is 65.7 Å². The molecule has 1 aromatic heterocycles. The molecule has 2 heterocycles. The Hall–Kier alpha value is -3.52. The Bertz CT molecular complexity index is 1480. The first-order valence-electron chi connectivity index (χ1n) is 11.8. The number of nitrogens with zero attached hydrogens (tertiary/aromatic N) is 3. The summed E-state index contributed by atoms with van der Waals surface area (Å²) < 4.78 is 39.1. The first kappa shape index (κ1) is 30.0. The Morgan fingerprint density at radius 3 is 2.51 bits per heavy atom. The number of carboxylic acid groups (broad SMARTS) is 1. The van der Waals surface area contributed by atoms with Gasteiger partial charge in [0, 0.05) is 30.8 Å². The molecule has 10 nitrogen and oxygen atoms in total. The minimum atomic E-state index is -4.22. The summed E-state index contributed by atoms with van der Waals surface area (Å²) in [6, 6.07) is 17.2. The Labute approximate surface area is 236 Å². The molecule has 2 aromatic carbocycles. The average molecular weight is 590 g/mol. The Balaban J connectivity index is 0.000000983. The molecular formula is C26H27N3O7S3. The van der Waals surface area contributed by atoms with Crippen LogP contribution in [0, 0.1) is 0 Å². The van der Waals surface area contributed by atoms with E-state index in [9.17, 15) is 13.2 Å². The maximum absolute atomic E-state index is 13.0. The number of carbonyl (C=O) groups excluding carboxylic acids is 1. The fourth-order valence-electron chi connectivity index (χ4n) is 3.42. The predicted molar refractivity (Wildman–Crippen MR) is 154 cm³/mol. The molecule has 0 saturated carbocycles. The molecule has 206 valence electrons. The van der Waals surface area contributed by atoms with Crippen molar-refractivity contribution in [2.24, 2.45) is 0 Å². The van der Waals surface area contributed by atoms with Crippen molar-refractivity contribution in [3.05, 3.63) is 71.3 Å². The molecule has 0 radical (unpaired) electrons. The minimum absolute atomic E-state index is 0.214. The SMILES string of the molecule is CC(=O)O.CCCOc1cccc(-c2nn(-c3ccccc3)cc2/C=C2/SC(=S)N(CCS(=O)(=O)O)C2=O)c1. The molecule has 0 unspecified atom stereocenters. The van der Waals surface area contributed by atoms with Gasteiger partial charge >= 0.3 is 0 Å². The second-order valence-electron chi connectivity index (χ2n) is 8.23. The minimum Gasteiger partial charge on any atom is -0.494 e. The molecular weight excluding hydrogens is 563 g/mol. The number of aromatic nitrogens is 2. The van der Waals surface area contributed by atoms with Gasteiger partial charge in [0.05, 0.1) is 23.0 Å². The van der Waals surface area contributed by atoms with Gasteiger partial charge in [0.1, 0.15) is 15.8 Å². The van der Waals surface area contributed by atoms with E-state index >= 15 is 0 Å². The van der Waals surface area contributed by atoms with E-state index in [1.807, 2.05) is 67.7 Å². The number of thiocarbonyl (C=S) groups is 1. The predicted octanol–water partition coefficient (Wildman–Crippen LogP) is 4.51. The molecule has 0 spiro atoms. The van der Waals surface area contributed by atoms with Gasteiger partial charge in [0.25, 0.3) is 22.0 Å². The summed E-state index contributed by atoms with van der Waals surface area (Å²) >= 11 is 6.36. The molecule has 39 heavy (non-hydrogen) atoms. The monoisotopic (exact) mass is 589 g/mol. The van der Waals surface area contributed by atoms with Gasteiger partial charge in [0.2, 0.25) is 0 Å². The van der Waals surface area contributed by atoms with Gasteiger partial charge in [-0.3, -0.25) is 19.0 Å². The average Bonchev–Trinajstić information content (AvgIpc) is 3.42. The summed E-state index contributed by atoms with van der Waals surface area (Å²) in [7, 11) is -4.22. The number of aliphatic carboxylic acids is 1. The maximum atomic E-state index is 13.0. The number of carboxylic acids is 1. The van der Waals surface area contributed by atoms with Crippen LogP contribution in [-0.2, 0) is 19.7 Å². The normalized spacial score (nSPS) is 14.3. The van der Waals surface area contributed by atoms with E-state index in [4.69, 9.17) is 36.5 Å². The van der Waals surface area contributed by atoms with Crippen molar-refractivity contribution in [2.45, 2.75) is 20.3 Å². The van der Waals surface area contributed by atoms with Crippen molar-refractivity contribution < 1.29 is 32.4 Å². The topological polar surface area (TPSA) is 139 Å². The summed E-state index contributed by atoms with van der Waals surface area (Å²) in [4.78, 5) is 23.5. The fraction of sp³-hybridized carbons (Fsp3) is 0.231. The number of thioether (sulfide) groups is 1. The zero-order valence-corrected chi connectivity index (χ0v) is 23.6. The molecule has 1 aliphatic heterocycles. The molecule has 3 aromatic rings. The van der Waals surface area contributed by atoms with Crippen molar-refractivity contribution in [3.8, 4) is 22.7 Å². The molecule has 1 amide bonds. The number of para-hydroxylation sites is 1. The summed E-state index contributed by atoms with van der Waals surface area (Å²) in [5, 5.41) is 12.2. The molecule has 1 aliphatic rings. The molecule has 4 rings (SSSR count). The van der Waals surface area contributed by atoms with Crippen molar-refractivity contribution >= 4 is 56.4 Å². The van der Waals surface area contributed by atoms with Gasteiger partial charge in [-0.2, -0.15) is 13.5 Å². The van der Waals surface area contributed by atoms with Crippen molar-refractivity contribution in [1.82, 2.24) is 14.7 Å². The van der Waals surface area contributed by atoms with Gasteiger partial charge < -0.3 is 9.84 Å². The quantitative estimate of drug-likeness (QED) is 0.208. The van der Waals surface area contributed by atoms with Gasteiger partial charge in [-0.1, -0.05) is 61.2 Å². The number of amides is 1. The van der Waals surface area contributed by atoms with Crippen molar-refractivity contribution in [1.29, 1.82) is 0 Å². The number of benzene rings is 2. The zero-order valence-electron chi connectivity index (χ0n) is 21.2. The molecule has 0 aliphatic carbocycles. The highest BCUT2D eigenvalue weighted by Gasteiger charge is 2.33. The summed E-state index contributed by atoms with van der Waals surface area (Å²) in [5.74, 6) is -1.11. The third-order valence-corrected chi connectivity index (χ3v) is 7.15. The van der Waals surface area contributed by atoms with Gasteiger partial charge in [-0.15, -0.1) is 0 Å². The first-order chi connectivity index (χ1) is 18.5. The first-order valence-corrected chi connectivity index (χ1v) is 14.6. The largest absolute Gasteiger partial charge is 0.494 e. The van der Waals surface area contributed by atoms with E-state index in [0.29, 0.717) is 22.8 Å². The number of rotatable bonds is 9. The lowest BCUT2D eigenvalue weighted by molar-refractivity contribution is -0.134. The van der Waals surface area contributed by atoms with Crippen LogP contribution in [0.5, 0.6) is 5.75 Å². The maximum Gasteiger partial charge on any atom is 0.300 e. The highest BCUT2D eigenvalue weighted by Crippen LogP contribution is 2.35. The van der Waals surface area contributed by atoms with E-state index in [1.165, 1.54) is 4.90 Å². The number of hydrogen-bond acceptors (Lipinski definition) is 8. The van der Waals surface area contributed by atoms with Crippen LogP contribution in [0.1, 0.15) is 25.8 Å². The summed E-state index contributed by atoms with van der Waals surface area (Å²) in [5.41, 5.74) is 3.02. The lowest BCUT2D eigenvalue weighted by atomic mass is 10.1. The van der Waals surface area contributed by atoms with Crippen LogP contribution in [0.2, 0.25) is 0 Å². The summed E-state index contributed by atoms with van der Waals surface area (Å²) in [6.45, 7) is 3.50. The third-order valence-electron chi connectivity index (χ3n) is 5.08. The van der Waals surface area contributed by atoms with Crippen LogP contribution in [0.4, 0.5) is 0 Å². The highest BCUT2D eigenvalue weighted by atomic mass is 32.2. The highest BCUT2D eigenvalue weighted by molar-refractivity contribution is 8.26. The van der Waals surface area contributed by atoms with Crippen LogP contribution in [0.3, 0.4) is 0 Å². The molecule has 13 heteroatoms. The molecule has 2 N–H and O–H groups in total. The van der Waals surface area contributed by atoms with Crippen LogP contribution in [-0.4, -0.2) is 67.9 Å². The van der Waals surface area contributed by atoms with Crippen molar-refractivity contribution in [3.63, 3.8) is 0 Å². The van der Waals surface area contributed by atoms with E-state index in [0.717, 1.165) is 42.1 Å². The Kier molecular flexibility index (Phi) is 10.4. The molecule has 1 saturated heterocycles. The Morgan fingerprint density at radius 2 is 1.87 bits per heavy atom. The van der Waals surface area contributed by atoms with E-state index < -0.39 is 27.7 Å². The fourth-order valence-corrected chi connectivity index (χ4v) is 5.14. The Morgan fingerprint density at radius 1 is 1.18 bits per heavy atom. The van der Waals surface area contributed by atoms with Crippen LogP contribution in [0.25, 0.3) is 23.0 Å². The zero-order chi connectivity index (χ0) is 28.6. The van der Waals surface area contributed by atoms with Crippen LogP contribution < -0.4 is 4.74 Å². The van der Waals surface area contributed by atoms with E-state index in [-0.39, 0.29) is 10.9 Å². The molecule has 1 fully saturated rings. The van der Waals surface area contributed by atoms with Gasteiger partial charge in [-0.25, -0.2) is 4.68 Å². The lowest BCUT2D eigenvalue weighted by Gasteiger charge is -2.12.